The van der Waals surface area contributed by atoms with Crippen molar-refractivity contribution in [3.63, 3.8) is 0 Å². The van der Waals surface area contributed by atoms with Crippen LogP contribution in [0.25, 0.3) is 6.08 Å². The predicted molar refractivity (Wildman–Crippen MR) is 140 cm³/mol. The van der Waals surface area contributed by atoms with Crippen LogP contribution in [0.4, 0.5) is 0 Å². The van der Waals surface area contributed by atoms with E-state index in [1.54, 1.807) is 56.3 Å². The molecule has 0 amide bonds. The number of carbonyl (C=O) groups excluding carboxylic acids is 1. The highest BCUT2D eigenvalue weighted by Crippen LogP contribution is 2.40. The molecule has 0 bridgehead atoms. The van der Waals surface area contributed by atoms with Crippen LogP contribution in [0.2, 0.25) is 0 Å². The molecule has 4 rings (SSSR count). The fourth-order valence-electron chi connectivity index (χ4n) is 4.08. The number of thiazole rings is 1. The normalized spacial score (nSPS) is 15.4. The van der Waals surface area contributed by atoms with Crippen LogP contribution >= 0.6 is 27.3 Å². The van der Waals surface area contributed by atoms with E-state index in [9.17, 15) is 14.7 Å². The number of benzene rings is 2. The molecule has 0 spiro atoms. The van der Waals surface area contributed by atoms with E-state index in [0.29, 0.717) is 44.3 Å². The Morgan fingerprint density at radius 3 is 2.72 bits per heavy atom. The number of halogens is 1. The number of phenols is 1. The van der Waals surface area contributed by atoms with Crippen molar-refractivity contribution in [2.24, 2.45) is 4.99 Å². The van der Waals surface area contributed by atoms with Crippen LogP contribution in [0, 0.1) is 0 Å². The number of phenolic OH excluding ortho intramolecular Hbond substituents is 1. The summed E-state index contributed by atoms with van der Waals surface area (Å²) in [6.45, 7) is 5.82. The minimum atomic E-state index is -0.852. The predicted octanol–water partition coefficient (Wildman–Crippen LogP) is 3.67. The number of ether oxygens (including phenoxy) is 3. The standard InChI is InChI=1S/C26H25BrN2O6S/c1-5-34-23-17(8-7-9-19(23)33-4)22-21(25(32)35-6-2)14(3)28-26-29(22)24(31)20(36-26)13-15-12-16(27)10-11-18(15)30/h7-13,22,30H,5-6H2,1-4H3/b20-13+/t22-/m1/s1. The Hall–Kier alpha value is -3.37. The van der Waals surface area contributed by atoms with E-state index in [0.717, 1.165) is 4.47 Å². The van der Waals surface area contributed by atoms with E-state index in [2.05, 4.69) is 20.9 Å². The molecule has 0 saturated carbocycles. The van der Waals surface area contributed by atoms with Crippen LogP contribution in [0.1, 0.15) is 37.9 Å². The number of hydrogen-bond donors (Lipinski definition) is 1. The van der Waals surface area contributed by atoms with Crippen LogP contribution in [-0.2, 0) is 9.53 Å². The number of carbonyl (C=O) groups is 1. The zero-order valence-electron chi connectivity index (χ0n) is 20.2. The summed E-state index contributed by atoms with van der Waals surface area (Å²) in [5, 5.41) is 10.3. The molecule has 2 heterocycles. The number of fused-ring (bicyclic) bond motifs is 1. The topological polar surface area (TPSA) is 99.4 Å². The summed E-state index contributed by atoms with van der Waals surface area (Å²) in [4.78, 5) is 31.9. The third-order valence-electron chi connectivity index (χ3n) is 5.61. The van der Waals surface area contributed by atoms with Gasteiger partial charge < -0.3 is 19.3 Å². The average Bonchev–Trinajstić information content (AvgIpc) is 3.15. The van der Waals surface area contributed by atoms with E-state index in [1.165, 1.54) is 23.0 Å². The molecule has 0 saturated heterocycles. The number of allylic oxidation sites excluding steroid dienone is 1. The van der Waals surface area contributed by atoms with Gasteiger partial charge in [0, 0.05) is 15.6 Å². The highest BCUT2D eigenvalue weighted by molar-refractivity contribution is 9.10. The van der Waals surface area contributed by atoms with Gasteiger partial charge in [0.15, 0.2) is 16.3 Å². The second kappa shape index (κ2) is 10.7. The first-order valence-electron chi connectivity index (χ1n) is 11.3. The first kappa shape index (κ1) is 25.7. The number of aromatic hydroxyl groups is 1. The van der Waals surface area contributed by atoms with Gasteiger partial charge in [0.1, 0.15) is 11.8 Å². The maximum Gasteiger partial charge on any atom is 0.338 e. The van der Waals surface area contributed by atoms with E-state index in [4.69, 9.17) is 14.2 Å². The van der Waals surface area contributed by atoms with Crippen molar-refractivity contribution < 1.29 is 24.1 Å². The Labute approximate surface area is 219 Å². The highest BCUT2D eigenvalue weighted by Gasteiger charge is 2.36. The molecule has 1 aromatic heterocycles. The van der Waals surface area contributed by atoms with Gasteiger partial charge in [-0.2, -0.15) is 0 Å². The lowest BCUT2D eigenvalue weighted by Crippen LogP contribution is -2.40. The largest absolute Gasteiger partial charge is 0.507 e. The van der Waals surface area contributed by atoms with Crippen LogP contribution < -0.4 is 24.4 Å². The number of esters is 1. The van der Waals surface area contributed by atoms with Crippen LogP contribution in [0.5, 0.6) is 17.2 Å². The fourth-order valence-corrected chi connectivity index (χ4v) is 5.49. The monoisotopic (exact) mass is 572 g/mol. The second-order valence-electron chi connectivity index (χ2n) is 7.82. The van der Waals surface area contributed by atoms with Crippen molar-refractivity contribution in [2.45, 2.75) is 26.8 Å². The highest BCUT2D eigenvalue weighted by atomic mass is 79.9. The molecule has 188 valence electrons. The summed E-state index contributed by atoms with van der Waals surface area (Å²) >= 11 is 4.57. The number of aromatic nitrogens is 1. The van der Waals surface area contributed by atoms with Crippen LogP contribution in [-0.4, -0.2) is 36.0 Å². The number of hydrogen-bond acceptors (Lipinski definition) is 8. The Balaban J connectivity index is 2.04. The third kappa shape index (κ3) is 4.70. The van der Waals surface area contributed by atoms with E-state index in [1.807, 2.05) is 6.92 Å². The zero-order chi connectivity index (χ0) is 26.0. The Morgan fingerprint density at radius 2 is 2.03 bits per heavy atom. The lowest BCUT2D eigenvalue weighted by molar-refractivity contribution is -0.139. The molecule has 8 nitrogen and oxygen atoms in total. The van der Waals surface area contributed by atoms with Crippen LogP contribution in [0.15, 0.2) is 61.9 Å². The van der Waals surface area contributed by atoms with Gasteiger partial charge in [0.25, 0.3) is 5.56 Å². The first-order chi connectivity index (χ1) is 17.3. The molecule has 1 atom stereocenters. The third-order valence-corrected chi connectivity index (χ3v) is 7.08. The van der Waals surface area contributed by atoms with Gasteiger partial charge in [-0.1, -0.05) is 39.4 Å². The smallest absolute Gasteiger partial charge is 0.338 e. The van der Waals surface area contributed by atoms with Crippen molar-refractivity contribution in [2.75, 3.05) is 20.3 Å². The summed E-state index contributed by atoms with van der Waals surface area (Å²) in [5.74, 6) is 0.389. The molecule has 10 heteroatoms. The molecular weight excluding hydrogens is 548 g/mol. The number of para-hydroxylation sites is 1. The van der Waals surface area contributed by atoms with Crippen molar-refractivity contribution in [1.29, 1.82) is 0 Å². The van der Waals surface area contributed by atoms with E-state index in [-0.39, 0.29) is 23.5 Å². The molecule has 0 radical (unpaired) electrons. The van der Waals surface area contributed by atoms with Gasteiger partial charge in [-0.05, 0) is 51.1 Å². The van der Waals surface area contributed by atoms with Gasteiger partial charge in [0.2, 0.25) is 0 Å². The quantitative estimate of drug-likeness (QED) is 0.434. The lowest BCUT2D eigenvalue weighted by atomic mass is 9.94. The fraction of sp³-hybridized carbons (Fsp3) is 0.269. The van der Waals surface area contributed by atoms with Crippen molar-refractivity contribution in [3.05, 3.63) is 83.0 Å². The van der Waals surface area contributed by atoms with Gasteiger partial charge in [-0.15, -0.1) is 0 Å². The van der Waals surface area contributed by atoms with E-state index >= 15 is 0 Å². The van der Waals surface area contributed by atoms with E-state index < -0.39 is 12.0 Å². The average molecular weight is 573 g/mol. The summed E-state index contributed by atoms with van der Waals surface area (Å²) in [7, 11) is 1.53. The SMILES string of the molecule is CCOC(=O)C1=C(C)N=c2s/c(=C/c3cc(Br)ccc3O)c(=O)n2[C@@H]1c1cccc(OC)c1OCC. The Morgan fingerprint density at radius 1 is 1.25 bits per heavy atom. The van der Waals surface area contributed by atoms with Gasteiger partial charge in [-0.3, -0.25) is 9.36 Å². The summed E-state index contributed by atoms with van der Waals surface area (Å²) in [6, 6.07) is 9.46. The van der Waals surface area contributed by atoms with Gasteiger partial charge in [-0.25, -0.2) is 9.79 Å². The molecule has 1 aliphatic heterocycles. The molecule has 2 aromatic carbocycles. The molecule has 0 aliphatic carbocycles. The zero-order valence-corrected chi connectivity index (χ0v) is 22.6. The van der Waals surface area contributed by atoms with Gasteiger partial charge >= 0.3 is 5.97 Å². The first-order valence-corrected chi connectivity index (χ1v) is 12.9. The second-order valence-corrected chi connectivity index (χ2v) is 9.74. The molecule has 1 N–H and O–H groups in total. The molecule has 3 aromatic rings. The van der Waals surface area contributed by atoms with Crippen molar-refractivity contribution in [1.82, 2.24) is 4.57 Å². The Kier molecular flexibility index (Phi) is 7.65. The molecule has 0 unspecified atom stereocenters. The van der Waals surface area contributed by atoms with Crippen molar-refractivity contribution >= 4 is 39.3 Å². The number of nitrogens with zero attached hydrogens (tertiary/aromatic N) is 2. The minimum absolute atomic E-state index is 0.0374. The minimum Gasteiger partial charge on any atom is -0.507 e. The van der Waals surface area contributed by atoms with Gasteiger partial charge in [0.05, 0.1) is 36.1 Å². The Bertz CT molecular complexity index is 1540. The maximum atomic E-state index is 13.8. The summed E-state index contributed by atoms with van der Waals surface area (Å²) in [6.07, 6.45) is 1.61. The number of rotatable bonds is 7. The van der Waals surface area contributed by atoms with Crippen LogP contribution in [0.3, 0.4) is 0 Å². The molecule has 36 heavy (non-hydrogen) atoms. The summed E-state index contributed by atoms with van der Waals surface area (Å²) in [5.41, 5.74) is 1.38. The molecular formula is C26H25BrN2O6S. The lowest BCUT2D eigenvalue weighted by Gasteiger charge is -2.26. The molecule has 0 fully saturated rings. The summed E-state index contributed by atoms with van der Waals surface area (Å²) < 4.78 is 19.4. The molecule has 1 aliphatic rings. The van der Waals surface area contributed by atoms with Crippen molar-refractivity contribution in [3.8, 4) is 17.2 Å². The maximum absolute atomic E-state index is 13.8. The number of methoxy groups -OCH3 is 1.